The maximum atomic E-state index is 13.8. The van der Waals surface area contributed by atoms with Crippen molar-refractivity contribution in [1.29, 1.82) is 0 Å². The van der Waals surface area contributed by atoms with Crippen molar-refractivity contribution >= 4 is 23.1 Å². The Bertz CT molecular complexity index is 989. The van der Waals surface area contributed by atoms with Crippen LogP contribution in [0.3, 0.4) is 0 Å². The minimum absolute atomic E-state index is 0.0234. The number of aryl methyl sites for hydroxylation is 1. The molecule has 1 aliphatic heterocycles. The lowest BCUT2D eigenvalue weighted by atomic mass is 10.3. The van der Waals surface area contributed by atoms with Gasteiger partial charge in [-0.15, -0.1) is 5.10 Å². The molecule has 0 spiro atoms. The largest absolute Gasteiger partial charge is 0.352 e. The molecular formula is C17H16F2N6O. The minimum Gasteiger partial charge on any atom is -0.352 e. The van der Waals surface area contributed by atoms with E-state index in [9.17, 15) is 13.6 Å². The third-order valence-corrected chi connectivity index (χ3v) is 4.33. The van der Waals surface area contributed by atoms with Crippen molar-refractivity contribution in [3.05, 3.63) is 47.8 Å². The number of anilines is 2. The lowest BCUT2D eigenvalue weighted by Gasteiger charge is -2.16. The van der Waals surface area contributed by atoms with Gasteiger partial charge in [0.1, 0.15) is 12.0 Å². The number of rotatable bonds is 3. The molecule has 1 saturated heterocycles. The molecule has 1 amide bonds. The van der Waals surface area contributed by atoms with E-state index >= 15 is 0 Å². The fraction of sp³-hybridized carbons (Fsp3) is 0.294. The number of amides is 1. The van der Waals surface area contributed by atoms with Gasteiger partial charge >= 0.3 is 0 Å². The van der Waals surface area contributed by atoms with Crippen LogP contribution in [-0.2, 0) is 0 Å². The number of aromatic nitrogens is 4. The summed E-state index contributed by atoms with van der Waals surface area (Å²) in [6.07, 6.45) is 1.98. The Hall–Kier alpha value is -3.10. The van der Waals surface area contributed by atoms with Gasteiger partial charge in [0, 0.05) is 12.7 Å². The van der Waals surface area contributed by atoms with Gasteiger partial charge in [-0.1, -0.05) is 0 Å². The summed E-state index contributed by atoms with van der Waals surface area (Å²) in [5.41, 5.74) is 1.18. The fourth-order valence-corrected chi connectivity index (χ4v) is 3.05. The summed E-state index contributed by atoms with van der Waals surface area (Å²) >= 11 is 0. The van der Waals surface area contributed by atoms with E-state index in [-0.39, 0.29) is 17.9 Å². The zero-order valence-electron chi connectivity index (χ0n) is 14.0. The van der Waals surface area contributed by atoms with Crippen LogP contribution in [0.4, 0.5) is 20.3 Å². The highest BCUT2D eigenvalue weighted by atomic mass is 19.1. The maximum absolute atomic E-state index is 13.8. The summed E-state index contributed by atoms with van der Waals surface area (Å²) in [5.74, 6) is -0.597. The Kier molecular flexibility index (Phi) is 3.98. The molecule has 0 aromatic carbocycles. The third-order valence-electron chi connectivity index (χ3n) is 4.33. The Morgan fingerprint density at radius 3 is 2.92 bits per heavy atom. The van der Waals surface area contributed by atoms with Crippen LogP contribution in [0.5, 0.6) is 0 Å². The first kappa shape index (κ1) is 16.4. The van der Waals surface area contributed by atoms with E-state index in [2.05, 4.69) is 20.4 Å². The zero-order valence-corrected chi connectivity index (χ0v) is 14.0. The van der Waals surface area contributed by atoms with Gasteiger partial charge in [0.25, 0.3) is 5.91 Å². The molecule has 7 nitrogen and oxygen atoms in total. The van der Waals surface area contributed by atoms with Crippen molar-refractivity contribution in [2.45, 2.75) is 19.5 Å². The number of halogens is 2. The molecule has 26 heavy (non-hydrogen) atoms. The standard InChI is InChI=1S/C17H16F2N6O/c1-10-16(17(26)22-13-4-6-20-8-12(13)19)25-14(21-10)2-3-15(23-25)24-7-5-11(18)9-24/h2-4,6,8,11H,5,7,9H2,1H3,(H,20,22,26). The van der Waals surface area contributed by atoms with Crippen molar-refractivity contribution in [3.63, 3.8) is 0 Å². The second-order valence-electron chi connectivity index (χ2n) is 6.15. The van der Waals surface area contributed by atoms with Gasteiger partial charge in [-0.05, 0) is 31.5 Å². The topological polar surface area (TPSA) is 75.4 Å². The summed E-state index contributed by atoms with van der Waals surface area (Å²) in [4.78, 5) is 22.5. The number of nitrogens with zero attached hydrogens (tertiary/aromatic N) is 5. The summed E-state index contributed by atoms with van der Waals surface area (Å²) < 4.78 is 28.6. The first-order chi connectivity index (χ1) is 12.5. The highest BCUT2D eigenvalue weighted by molar-refractivity contribution is 6.04. The van der Waals surface area contributed by atoms with Crippen molar-refractivity contribution in [1.82, 2.24) is 19.6 Å². The Labute approximate surface area is 147 Å². The van der Waals surface area contributed by atoms with E-state index in [1.807, 2.05) is 4.90 Å². The number of alkyl halides is 1. The molecule has 1 aliphatic rings. The van der Waals surface area contributed by atoms with Crippen LogP contribution in [0, 0.1) is 12.7 Å². The average Bonchev–Trinajstić information content (AvgIpc) is 3.18. The van der Waals surface area contributed by atoms with Crippen molar-refractivity contribution in [2.75, 3.05) is 23.3 Å². The molecule has 0 bridgehead atoms. The number of fused-ring (bicyclic) bond motifs is 1. The summed E-state index contributed by atoms with van der Waals surface area (Å²) in [6.45, 7) is 2.52. The summed E-state index contributed by atoms with van der Waals surface area (Å²) in [5, 5.41) is 6.96. The number of pyridine rings is 1. The molecule has 1 fully saturated rings. The van der Waals surface area contributed by atoms with E-state index in [0.29, 0.717) is 30.1 Å². The van der Waals surface area contributed by atoms with Crippen LogP contribution in [0.25, 0.3) is 5.65 Å². The average molecular weight is 358 g/mol. The molecule has 4 rings (SSSR count). The third kappa shape index (κ3) is 2.85. The van der Waals surface area contributed by atoms with Crippen molar-refractivity contribution in [3.8, 4) is 0 Å². The van der Waals surface area contributed by atoms with Gasteiger partial charge in [0.05, 0.1) is 24.1 Å². The highest BCUT2D eigenvalue weighted by Gasteiger charge is 2.25. The Morgan fingerprint density at radius 1 is 1.35 bits per heavy atom. The van der Waals surface area contributed by atoms with Crippen molar-refractivity contribution in [2.24, 2.45) is 0 Å². The number of hydrogen-bond donors (Lipinski definition) is 1. The number of nitrogens with one attached hydrogen (secondary N) is 1. The molecule has 0 radical (unpaired) electrons. The number of carbonyl (C=O) groups is 1. The molecule has 134 valence electrons. The first-order valence-electron chi connectivity index (χ1n) is 8.19. The van der Waals surface area contributed by atoms with Crippen LogP contribution in [0.2, 0.25) is 0 Å². The second kappa shape index (κ2) is 6.32. The normalized spacial score (nSPS) is 17.0. The van der Waals surface area contributed by atoms with Crippen LogP contribution < -0.4 is 10.2 Å². The molecule has 1 N–H and O–H groups in total. The maximum Gasteiger partial charge on any atom is 0.276 e. The summed E-state index contributed by atoms with van der Waals surface area (Å²) in [7, 11) is 0. The fourth-order valence-electron chi connectivity index (χ4n) is 3.05. The SMILES string of the molecule is Cc1nc2ccc(N3CCC(F)C3)nn2c1C(=O)Nc1ccncc1F. The lowest BCUT2D eigenvalue weighted by Crippen LogP contribution is -2.23. The molecule has 0 aliphatic carbocycles. The molecule has 3 aromatic heterocycles. The van der Waals surface area contributed by atoms with Gasteiger partial charge < -0.3 is 10.2 Å². The van der Waals surface area contributed by atoms with Gasteiger partial charge in [0.2, 0.25) is 0 Å². The molecule has 9 heteroatoms. The Morgan fingerprint density at radius 2 is 2.19 bits per heavy atom. The van der Waals surface area contributed by atoms with E-state index in [4.69, 9.17) is 0 Å². The van der Waals surface area contributed by atoms with Gasteiger partial charge in [-0.2, -0.15) is 0 Å². The van der Waals surface area contributed by atoms with Crippen LogP contribution >= 0.6 is 0 Å². The Balaban J connectivity index is 1.70. The predicted octanol–water partition coefficient (Wildman–Crippen LogP) is 2.37. The van der Waals surface area contributed by atoms with Crippen molar-refractivity contribution < 1.29 is 13.6 Å². The smallest absolute Gasteiger partial charge is 0.276 e. The molecular weight excluding hydrogens is 342 g/mol. The summed E-state index contributed by atoms with van der Waals surface area (Å²) in [6, 6.07) is 4.85. The monoisotopic (exact) mass is 358 g/mol. The number of carbonyl (C=O) groups excluding carboxylic acids is 1. The van der Waals surface area contributed by atoms with Gasteiger partial charge in [-0.3, -0.25) is 9.78 Å². The van der Waals surface area contributed by atoms with E-state index in [0.717, 1.165) is 6.20 Å². The van der Waals surface area contributed by atoms with E-state index in [1.165, 1.54) is 16.8 Å². The molecule has 4 heterocycles. The van der Waals surface area contributed by atoms with Crippen LogP contribution in [0.15, 0.2) is 30.6 Å². The zero-order chi connectivity index (χ0) is 18.3. The number of hydrogen-bond acceptors (Lipinski definition) is 5. The molecule has 1 unspecified atom stereocenters. The van der Waals surface area contributed by atoms with Crippen LogP contribution in [0.1, 0.15) is 22.6 Å². The van der Waals surface area contributed by atoms with E-state index < -0.39 is 17.9 Å². The molecule has 1 atom stereocenters. The van der Waals surface area contributed by atoms with Crippen LogP contribution in [-0.4, -0.2) is 44.8 Å². The lowest BCUT2D eigenvalue weighted by molar-refractivity contribution is 0.101. The van der Waals surface area contributed by atoms with Gasteiger partial charge in [-0.25, -0.2) is 18.3 Å². The first-order valence-corrected chi connectivity index (χ1v) is 8.19. The predicted molar refractivity (Wildman–Crippen MR) is 91.6 cm³/mol. The molecule has 3 aromatic rings. The molecule has 0 saturated carbocycles. The quantitative estimate of drug-likeness (QED) is 0.778. The van der Waals surface area contributed by atoms with E-state index in [1.54, 1.807) is 19.1 Å². The minimum atomic E-state index is -0.880. The number of imidazole rings is 1. The highest BCUT2D eigenvalue weighted by Crippen LogP contribution is 2.22. The second-order valence-corrected chi connectivity index (χ2v) is 6.15. The van der Waals surface area contributed by atoms with Gasteiger partial charge in [0.15, 0.2) is 17.2 Å².